The van der Waals surface area contributed by atoms with Gasteiger partial charge in [0.2, 0.25) is 11.8 Å². The topological polar surface area (TPSA) is 74.7 Å². The van der Waals surface area contributed by atoms with Crippen molar-refractivity contribution in [3.8, 4) is 17.5 Å². The Kier molecular flexibility index (Phi) is 3.25. The quantitative estimate of drug-likeness (QED) is 0.882. The molecular formula is C14H14N4O. The zero-order chi connectivity index (χ0) is 13.1. The van der Waals surface area contributed by atoms with Gasteiger partial charge in [-0.2, -0.15) is 5.26 Å². The van der Waals surface area contributed by atoms with Crippen molar-refractivity contribution in [2.75, 3.05) is 6.54 Å². The van der Waals surface area contributed by atoms with Crippen molar-refractivity contribution >= 4 is 0 Å². The number of aromatic nitrogens is 2. The summed E-state index contributed by atoms with van der Waals surface area (Å²) >= 11 is 0. The lowest BCUT2D eigenvalue weighted by molar-refractivity contribution is 0.494. The van der Waals surface area contributed by atoms with E-state index in [1.54, 1.807) is 12.1 Å². The lowest BCUT2D eigenvalue weighted by Gasteiger charge is -1.98. The molecule has 1 aliphatic rings. The average Bonchev–Trinajstić information content (AvgIpc) is 3.15. The maximum atomic E-state index is 8.74. The molecule has 1 aromatic carbocycles. The molecule has 0 amide bonds. The molecule has 0 spiro atoms. The monoisotopic (exact) mass is 254 g/mol. The van der Waals surface area contributed by atoms with Gasteiger partial charge in [-0.05, 0) is 37.1 Å². The minimum absolute atomic E-state index is 0.505. The van der Waals surface area contributed by atoms with Gasteiger partial charge in [0.05, 0.1) is 11.6 Å². The van der Waals surface area contributed by atoms with E-state index >= 15 is 0 Å². The minimum atomic E-state index is 0.505. The number of rotatable bonds is 5. The molecule has 0 bridgehead atoms. The maximum absolute atomic E-state index is 8.74. The van der Waals surface area contributed by atoms with Crippen molar-refractivity contribution in [1.82, 2.24) is 15.5 Å². The first kappa shape index (κ1) is 11.9. The van der Waals surface area contributed by atoms with E-state index in [9.17, 15) is 0 Å². The summed E-state index contributed by atoms with van der Waals surface area (Å²) in [6, 6.07) is 9.90. The number of nitrogens with one attached hydrogen (secondary N) is 1. The highest BCUT2D eigenvalue weighted by Gasteiger charge is 2.20. The van der Waals surface area contributed by atoms with E-state index in [4.69, 9.17) is 9.68 Å². The number of benzene rings is 1. The molecule has 0 radical (unpaired) electrons. The third kappa shape index (κ3) is 2.98. The van der Waals surface area contributed by atoms with Crippen LogP contribution in [0.2, 0.25) is 0 Å². The third-order valence-electron chi connectivity index (χ3n) is 3.08. The number of hydrogen-bond acceptors (Lipinski definition) is 5. The lowest BCUT2D eigenvalue weighted by Crippen LogP contribution is -2.19. The fourth-order valence-corrected chi connectivity index (χ4v) is 1.83. The van der Waals surface area contributed by atoms with E-state index in [1.807, 2.05) is 12.1 Å². The zero-order valence-corrected chi connectivity index (χ0v) is 10.5. The van der Waals surface area contributed by atoms with Crippen molar-refractivity contribution in [2.24, 2.45) is 0 Å². The van der Waals surface area contributed by atoms with Crippen LogP contribution in [-0.2, 0) is 6.42 Å². The summed E-state index contributed by atoms with van der Waals surface area (Å²) in [7, 11) is 0. The predicted molar refractivity (Wildman–Crippen MR) is 69.2 cm³/mol. The molecule has 1 saturated carbocycles. The minimum Gasteiger partial charge on any atom is -0.421 e. The van der Waals surface area contributed by atoms with Gasteiger partial charge in [0.25, 0.3) is 0 Å². The van der Waals surface area contributed by atoms with Crippen LogP contribution in [0.1, 0.15) is 24.3 Å². The maximum Gasteiger partial charge on any atom is 0.247 e. The molecule has 19 heavy (non-hydrogen) atoms. The molecule has 0 unspecified atom stereocenters. The summed E-state index contributed by atoms with van der Waals surface area (Å²) in [6.45, 7) is 0.875. The van der Waals surface area contributed by atoms with E-state index < -0.39 is 0 Å². The predicted octanol–water partition coefficient (Wildman–Crippen LogP) is 1.90. The van der Waals surface area contributed by atoms with E-state index in [0.717, 1.165) is 18.5 Å². The fraction of sp³-hybridized carbons (Fsp3) is 0.357. The highest BCUT2D eigenvalue weighted by Crippen LogP contribution is 2.20. The molecule has 0 saturated heterocycles. The largest absolute Gasteiger partial charge is 0.421 e. The summed E-state index contributed by atoms with van der Waals surface area (Å²) in [5, 5.41) is 20.2. The normalized spacial score (nSPS) is 14.3. The van der Waals surface area contributed by atoms with E-state index in [1.165, 1.54) is 12.8 Å². The van der Waals surface area contributed by atoms with Gasteiger partial charge in [-0.1, -0.05) is 0 Å². The van der Waals surface area contributed by atoms with Crippen LogP contribution in [0.3, 0.4) is 0 Å². The van der Waals surface area contributed by atoms with E-state index in [0.29, 0.717) is 23.4 Å². The van der Waals surface area contributed by atoms with Gasteiger partial charge >= 0.3 is 0 Å². The number of nitriles is 1. The van der Waals surface area contributed by atoms with Crippen LogP contribution >= 0.6 is 0 Å². The zero-order valence-electron chi connectivity index (χ0n) is 10.5. The van der Waals surface area contributed by atoms with Crippen LogP contribution in [0.4, 0.5) is 0 Å². The lowest BCUT2D eigenvalue weighted by atomic mass is 10.1. The summed E-state index contributed by atoms with van der Waals surface area (Å²) < 4.78 is 5.60. The molecule has 0 aliphatic heterocycles. The Labute approximate surface area is 111 Å². The molecular weight excluding hydrogens is 240 g/mol. The van der Waals surface area contributed by atoms with Gasteiger partial charge < -0.3 is 9.73 Å². The third-order valence-corrected chi connectivity index (χ3v) is 3.08. The molecule has 1 fully saturated rings. The Morgan fingerprint density at radius 3 is 2.74 bits per heavy atom. The van der Waals surface area contributed by atoms with Crippen LogP contribution in [0, 0.1) is 11.3 Å². The van der Waals surface area contributed by atoms with Crippen LogP contribution in [0.5, 0.6) is 0 Å². The SMILES string of the molecule is N#Cc1ccc(-c2nnc(CCNC3CC3)o2)cc1. The standard InChI is InChI=1S/C14H14N4O/c15-9-10-1-3-11(4-2-10)14-18-17-13(19-14)7-8-16-12-5-6-12/h1-4,12,16H,5-8H2. The molecule has 96 valence electrons. The van der Waals surface area contributed by atoms with Crippen LogP contribution in [0.15, 0.2) is 28.7 Å². The Morgan fingerprint density at radius 1 is 1.26 bits per heavy atom. The highest BCUT2D eigenvalue weighted by molar-refractivity contribution is 5.54. The first-order chi connectivity index (χ1) is 9.35. The van der Waals surface area contributed by atoms with Crippen LogP contribution in [0.25, 0.3) is 11.5 Å². The van der Waals surface area contributed by atoms with Crippen molar-refractivity contribution in [3.63, 3.8) is 0 Å². The highest BCUT2D eigenvalue weighted by atomic mass is 16.4. The molecule has 5 heteroatoms. The molecule has 3 rings (SSSR count). The van der Waals surface area contributed by atoms with Crippen LogP contribution in [-0.4, -0.2) is 22.8 Å². The number of hydrogen-bond donors (Lipinski definition) is 1. The second-order valence-corrected chi connectivity index (χ2v) is 4.67. The Bertz CT molecular complexity index is 593. The molecule has 1 heterocycles. The molecule has 1 aromatic heterocycles. The second-order valence-electron chi connectivity index (χ2n) is 4.67. The number of nitrogens with zero attached hydrogens (tertiary/aromatic N) is 3. The average molecular weight is 254 g/mol. The smallest absolute Gasteiger partial charge is 0.247 e. The summed E-state index contributed by atoms with van der Waals surface area (Å²) in [5.41, 5.74) is 1.46. The first-order valence-electron chi connectivity index (χ1n) is 6.41. The first-order valence-corrected chi connectivity index (χ1v) is 6.41. The van der Waals surface area contributed by atoms with E-state index in [-0.39, 0.29) is 0 Å². The summed E-state index contributed by atoms with van der Waals surface area (Å²) in [6.07, 6.45) is 3.31. The van der Waals surface area contributed by atoms with Crippen molar-refractivity contribution < 1.29 is 4.42 Å². The van der Waals surface area contributed by atoms with Crippen molar-refractivity contribution in [2.45, 2.75) is 25.3 Å². The fourth-order valence-electron chi connectivity index (χ4n) is 1.83. The Hall–Kier alpha value is -2.19. The Morgan fingerprint density at radius 2 is 2.05 bits per heavy atom. The van der Waals surface area contributed by atoms with Gasteiger partial charge in [-0.25, -0.2) is 0 Å². The second kappa shape index (κ2) is 5.21. The van der Waals surface area contributed by atoms with Gasteiger partial charge in [-0.3, -0.25) is 0 Å². The van der Waals surface area contributed by atoms with Crippen molar-refractivity contribution in [1.29, 1.82) is 5.26 Å². The van der Waals surface area contributed by atoms with Gasteiger partial charge in [0.1, 0.15) is 0 Å². The van der Waals surface area contributed by atoms with Gasteiger partial charge in [-0.15, -0.1) is 10.2 Å². The molecule has 0 atom stereocenters. The van der Waals surface area contributed by atoms with Crippen LogP contribution < -0.4 is 5.32 Å². The summed E-state index contributed by atoms with van der Waals surface area (Å²) in [5.74, 6) is 1.15. The molecule has 1 aliphatic carbocycles. The Balaban J connectivity index is 1.63. The summed E-state index contributed by atoms with van der Waals surface area (Å²) in [4.78, 5) is 0. The molecule has 5 nitrogen and oxygen atoms in total. The van der Waals surface area contributed by atoms with Gasteiger partial charge in [0, 0.05) is 24.6 Å². The van der Waals surface area contributed by atoms with E-state index in [2.05, 4.69) is 21.6 Å². The molecule has 2 aromatic rings. The van der Waals surface area contributed by atoms with Gasteiger partial charge in [0.15, 0.2) is 0 Å². The van der Waals surface area contributed by atoms with Crippen molar-refractivity contribution in [3.05, 3.63) is 35.7 Å². The molecule has 1 N–H and O–H groups in total.